The van der Waals surface area contributed by atoms with Gasteiger partial charge in [0, 0.05) is 34.9 Å². The van der Waals surface area contributed by atoms with Crippen LogP contribution in [-0.2, 0) is 0 Å². The number of hydrogen-bond donors (Lipinski definition) is 1. The Hall–Kier alpha value is -2.49. The van der Waals surface area contributed by atoms with E-state index in [-0.39, 0.29) is 11.6 Å². The topological polar surface area (TPSA) is 87.8 Å². The van der Waals surface area contributed by atoms with Crippen LogP contribution >= 0.6 is 22.6 Å². The minimum absolute atomic E-state index is 0.0205. The second-order valence-corrected chi connectivity index (χ2v) is 6.35. The zero-order chi connectivity index (χ0) is 17.7. The van der Waals surface area contributed by atoms with Crippen molar-refractivity contribution in [3.05, 3.63) is 67.3 Å². The summed E-state index contributed by atoms with van der Waals surface area (Å²) in [6.07, 6.45) is 1.37. The van der Waals surface area contributed by atoms with Crippen LogP contribution in [0.2, 0.25) is 0 Å². The fourth-order valence-electron chi connectivity index (χ4n) is 2.00. The van der Waals surface area contributed by atoms with E-state index in [2.05, 4.69) is 33.1 Å². The molecule has 0 fully saturated rings. The van der Waals surface area contributed by atoms with E-state index in [1.165, 1.54) is 12.3 Å². The number of anilines is 1. The van der Waals surface area contributed by atoms with Crippen molar-refractivity contribution in [1.82, 2.24) is 5.43 Å². The number of carbonyl (C=O) groups is 1. The number of hydrogen-bond acceptors (Lipinski definition) is 5. The Morgan fingerprint density at radius 2 is 2.04 bits per heavy atom. The predicted molar refractivity (Wildman–Crippen MR) is 102 cm³/mol. The molecule has 1 amide bonds. The first-order chi connectivity index (χ1) is 11.4. The van der Waals surface area contributed by atoms with Crippen molar-refractivity contribution in [2.24, 2.45) is 5.10 Å². The number of nitrogens with one attached hydrogen (secondary N) is 1. The van der Waals surface area contributed by atoms with E-state index in [0.717, 1.165) is 3.57 Å². The standard InChI is InChI=1S/C16H15IN4O3/c1-20(2)14-7-6-11(8-15(14)21(23)24)10-18-19-16(22)12-4-3-5-13(17)9-12/h3-10H,1-2H3,(H,19,22). The smallest absolute Gasteiger partial charge is 0.293 e. The average Bonchev–Trinajstić information content (AvgIpc) is 2.54. The molecule has 0 bridgehead atoms. The Labute approximate surface area is 152 Å². The molecule has 24 heavy (non-hydrogen) atoms. The van der Waals surface area contributed by atoms with E-state index >= 15 is 0 Å². The molecule has 2 rings (SSSR count). The molecule has 0 saturated carbocycles. The monoisotopic (exact) mass is 438 g/mol. The molecule has 124 valence electrons. The number of rotatable bonds is 5. The van der Waals surface area contributed by atoms with Crippen LogP contribution in [0.4, 0.5) is 11.4 Å². The molecule has 8 heteroatoms. The average molecular weight is 438 g/mol. The number of nitro groups is 1. The van der Waals surface area contributed by atoms with Gasteiger partial charge in [-0.25, -0.2) is 5.43 Å². The third-order valence-electron chi connectivity index (χ3n) is 3.14. The van der Waals surface area contributed by atoms with Gasteiger partial charge < -0.3 is 4.90 Å². The summed E-state index contributed by atoms with van der Waals surface area (Å²) in [6, 6.07) is 11.8. The second kappa shape index (κ2) is 7.86. The summed E-state index contributed by atoms with van der Waals surface area (Å²) in [6.45, 7) is 0. The summed E-state index contributed by atoms with van der Waals surface area (Å²) in [5.74, 6) is -0.343. The molecule has 0 radical (unpaired) electrons. The first-order valence-corrected chi connectivity index (χ1v) is 8.01. The molecule has 2 aromatic rings. The number of nitrogens with zero attached hydrogens (tertiary/aromatic N) is 3. The van der Waals surface area contributed by atoms with Crippen molar-refractivity contribution in [2.75, 3.05) is 19.0 Å². The van der Waals surface area contributed by atoms with E-state index in [1.54, 1.807) is 49.3 Å². The van der Waals surface area contributed by atoms with Crippen LogP contribution in [0.3, 0.4) is 0 Å². The van der Waals surface area contributed by atoms with Gasteiger partial charge in [0.25, 0.3) is 11.6 Å². The van der Waals surface area contributed by atoms with Gasteiger partial charge in [0.15, 0.2) is 0 Å². The van der Waals surface area contributed by atoms with Gasteiger partial charge in [-0.2, -0.15) is 5.10 Å². The van der Waals surface area contributed by atoms with Gasteiger partial charge in [-0.05, 0) is 46.9 Å². The highest BCUT2D eigenvalue weighted by molar-refractivity contribution is 14.1. The lowest BCUT2D eigenvalue weighted by Gasteiger charge is -2.12. The number of nitro benzene ring substituents is 1. The molecule has 0 aromatic heterocycles. The Kier molecular flexibility index (Phi) is 5.85. The van der Waals surface area contributed by atoms with Crippen molar-refractivity contribution in [1.29, 1.82) is 0 Å². The van der Waals surface area contributed by atoms with Crippen LogP contribution in [0.15, 0.2) is 47.6 Å². The number of hydrazone groups is 1. The molecule has 0 aliphatic carbocycles. The van der Waals surface area contributed by atoms with E-state index in [4.69, 9.17) is 0 Å². The minimum atomic E-state index is -0.447. The highest BCUT2D eigenvalue weighted by Crippen LogP contribution is 2.27. The molecule has 0 aliphatic rings. The molecule has 7 nitrogen and oxygen atoms in total. The molecular weight excluding hydrogens is 423 g/mol. The zero-order valence-electron chi connectivity index (χ0n) is 13.1. The maximum atomic E-state index is 12.0. The van der Waals surface area contributed by atoms with Gasteiger partial charge in [-0.3, -0.25) is 14.9 Å². The summed E-state index contributed by atoms with van der Waals surface area (Å²) < 4.78 is 0.944. The largest absolute Gasteiger partial charge is 0.372 e. The SMILES string of the molecule is CN(C)c1ccc(C=NNC(=O)c2cccc(I)c2)cc1[N+](=O)[O-]. The van der Waals surface area contributed by atoms with Crippen molar-refractivity contribution < 1.29 is 9.72 Å². The molecule has 0 unspecified atom stereocenters. The number of halogens is 1. The van der Waals surface area contributed by atoms with Crippen LogP contribution in [0.5, 0.6) is 0 Å². The number of benzene rings is 2. The van der Waals surface area contributed by atoms with Gasteiger partial charge in [0.2, 0.25) is 0 Å². The summed E-state index contributed by atoms with van der Waals surface area (Å²) >= 11 is 2.12. The van der Waals surface area contributed by atoms with Gasteiger partial charge in [0.1, 0.15) is 5.69 Å². The molecule has 0 atom stereocenters. The first kappa shape index (κ1) is 17.9. The number of amides is 1. The van der Waals surface area contributed by atoms with Crippen molar-refractivity contribution in [3.63, 3.8) is 0 Å². The van der Waals surface area contributed by atoms with Gasteiger partial charge >= 0.3 is 0 Å². The molecular formula is C16H15IN4O3. The van der Waals surface area contributed by atoms with Crippen LogP contribution in [0.1, 0.15) is 15.9 Å². The van der Waals surface area contributed by atoms with Gasteiger partial charge in [0.05, 0.1) is 11.1 Å². The fourth-order valence-corrected chi connectivity index (χ4v) is 2.55. The third kappa shape index (κ3) is 4.51. The molecule has 0 saturated heterocycles. The van der Waals surface area contributed by atoms with Crippen molar-refractivity contribution in [3.8, 4) is 0 Å². The second-order valence-electron chi connectivity index (χ2n) is 5.11. The Bertz CT molecular complexity index is 806. The van der Waals surface area contributed by atoms with Gasteiger partial charge in [-0.15, -0.1) is 0 Å². The van der Waals surface area contributed by atoms with E-state index in [1.807, 2.05) is 6.07 Å². The Morgan fingerprint density at radius 1 is 1.29 bits per heavy atom. The maximum absolute atomic E-state index is 12.0. The third-order valence-corrected chi connectivity index (χ3v) is 3.82. The highest BCUT2D eigenvalue weighted by Gasteiger charge is 2.15. The lowest BCUT2D eigenvalue weighted by atomic mass is 10.2. The molecule has 0 heterocycles. The fraction of sp³-hybridized carbons (Fsp3) is 0.125. The number of carbonyl (C=O) groups excluding carboxylic acids is 1. The predicted octanol–water partition coefficient (Wildman–Crippen LogP) is 3.03. The van der Waals surface area contributed by atoms with Crippen molar-refractivity contribution >= 4 is 46.1 Å². The molecule has 0 spiro atoms. The normalized spacial score (nSPS) is 10.6. The summed E-state index contributed by atoms with van der Waals surface area (Å²) in [5, 5.41) is 15.0. The summed E-state index contributed by atoms with van der Waals surface area (Å²) in [7, 11) is 3.47. The Balaban J connectivity index is 2.13. The zero-order valence-corrected chi connectivity index (χ0v) is 15.2. The van der Waals surface area contributed by atoms with E-state index < -0.39 is 4.92 Å². The Morgan fingerprint density at radius 3 is 2.67 bits per heavy atom. The van der Waals surface area contributed by atoms with Crippen LogP contribution in [-0.4, -0.2) is 31.1 Å². The maximum Gasteiger partial charge on any atom is 0.293 e. The van der Waals surface area contributed by atoms with Gasteiger partial charge in [-0.1, -0.05) is 12.1 Å². The summed E-state index contributed by atoms with van der Waals surface area (Å²) in [4.78, 5) is 24.3. The lowest BCUT2D eigenvalue weighted by molar-refractivity contribution is -0.384. The van der Waals surface area contributed by atoms with Crippen LogP contribution in [0.25, 0.3) is 0 Å². The first-order valence-electron chi connectivity index (χ1n) is 6.93. The minimum Gasteiger partial charge on any atom is -0.372 e. The molecule has 0 aliphatic heterocycles. The van der Waals surface area contributed by atoms with Crippen molar-refractivity contribution in [2.45, 2.75) is 0 Å². The highest BCUT2D eigenvalue weighted by atomic mass is 127. The van der Waals surface area contributed by atoms with E-state index in [9.17, 15) is 14.9 Å². The molecule has 1 N–H and O–H groups in total. The van der Waals surface area contributed by atoms with E-state index in [0.29, 0.717) is 16.8 Å². The summed E-state index contributed by atoms with van der Waals surface area (Å²) in [5.41, 5.74) is 3.90. The quantitative estimate of drug-likeness (QED) is 0.337. The van der Waals surface area contributed by atoms with Crippen LogP contribution < -0.4 is 10.3 Å². The molecule has 2 aromatic carbocycles. The van der Waals surface area contributed by atoms with Crippen LogP contribution in [0, 0.1) is 13.7 Å². The lowest BCUT2D eigenvalue weighted by Crippen LogP contribution is -2.17.